The van der Waals surface area contributed by atoms with Crippen molar-refractivity contribution in [1.82, 2.24) is 0 Å². The molecule has 2 aromatic carbocycles. The van der Waals surface area contributed by atoms with Gasteiger partial charge in [0.05, 0.1) is 0 Å². The third kappa shape index (κ3) is 3.59. The second-order valence-electron chi connectivity index (χ2n) is 4.16. The van der Waals surface area contributed by atoms with Crippen LogP contribution in [0, 0.1) is 12.7 Å². The molecule has 0 aromatic heterocycles. The van der Waals surface area contributed by atoms with E-state index in [1.54, 1.807) is 11.8 Å². The minimum atomic E-state index is -0.137. The van der Waals surface area contributed by atoms with Crippen LogP contribution in [0.4, 0.5) is 4.39 Å². The zero-order chi connectivity index (χ0) is 13.0. The molecule has 0 heterocycles. The van der Waals surface area contributed by atoms with Crippen molar-refractivity contribution >= 4 is 27.7 Å². The predicted octanol–water partition coefficient (Wildman–Crippen LogP) is 5.33. The maximum Gasteiger partial charge on any atom is 0.128 e. The fraction of sp³-hybridized carbons (Fsp3) is 0.200. The Morgan fingerprint density at radius 1 is 1.06 bits per heavy atom. The van der Waals surface area contributed by atoms with Crippen molar-refractivity contribution in [1.29, 1.82) is 0 Å². The number of aryl methyl sites for hydroxylation is 1. The van der Waals surface area contributed by atoms with Crippen LogP contribution < -0.4 is 0 Å². The summed E-state index contributed by atoms with van der Waals surface area (Å²) in [6.07, 6.45) is 0. The Hall–Kier alpha value is -0.800. The highest BCUT2D eigenvalue weighted by atomic mass is 79.9. The molecule has 0 aliphatic rings. The lowest BCUT2D eigenvalue weighted by Crippen LogP contribution is -1.90. The summed E-state index contributed by atoms with van der Waals surface area (Å²) in [6, 6.07) is 13.6. The molecule has 0 atom stereocenters. The summed E-state index contributed by atoms with van der Waals surface area (Å²) in [6.45, 7) is 2.11. The van der Waals surface area contributed by atoms with Gasteiger partial charge in [0.2, 0.25) is 0 Å². The first-order chi connectivity index (χ1) is 8.66. The van der Waals surface area contributed by atoms with E-state index in [0.717, 1.165) is 15.8 Å². The number of hydrogen-bond donors (Lipinski definition) is 0. The molecule has 0 saturated heterocycles. The van der Waals surface area contributed by atoms with Crippen molar-refractivity contribution in [3.05, 3.63) is 69.4 Å². The van der Waals surface area contributed by atoms with Crippen molar-refractivity contribution in [2.75, 3.05) is 0 Å². The first kappa shape index (κ1) is 13.6. The van der Waals surface area contributed by atoms with Crippen molar-refractivity contribution < 1.29 is 4.39 Å². The second kappa shape index (κ2) is 6.39. The van der Waals surface area contributed by atoms with Gasteiger partial charge in [-0.25, -0.2) is 4.39 Å². The molecule has 0 amide bonds. The minimum absolute atomic E-state index is 0.137. The highest BCUT2D eigenvalue weighted by Gasteiger charge is 2.04. The maximum absolute atomic E-state index is 13.6. The quantitative estimate of drug-likeness (QED) is 0.732. The molecule has 3 heteroatoms. The van der Waals surface area contributed by atoms with E-state index in [0.29, 0.717) is 5.75 Å². The predicted molar refractivity (Wildman–Crippen MR) is 80.3 cm³/mol. The smallest absolute Gasteiger partial charge is 0.128 e. The monoisotopic (exact) mass is 324 g/mol. The summed E-state index contributed by atoms with van der Waals surface area (Å²) in [5, 5.41) is 0. The second-order valence-corrected chi connectivity index (χ2v) is 6.06. The van der Waals surface area contributed by atoms with Gasteiger partial charge in [0.25, 0.3) is 0 Å². The van der Waals surface area contributed by atoms with Crippen LogP contribution in [-0.4, -0.2) is 0 Å². The number of halogens is 2. The SMILES string of the molecule is Cc1ccccc1CSCc1ccc(Br)cc1F. The lowest BCUT2D eigenvalue weighted by Gasteiger charge is -2.06. The lowest BCUT2D eigenvalue weighted by atomic mass is 10.1. The van der Waals surface area contributed by atoms with E-state index in [9.17, 15) is 4.39 Å². The number of hydrogen-bond acceptors (Lipinski definition) is 1. The molecule has 94 valence electrons. The lowest BCUT2D eigenvalue weighted by molar-refractivity contribution is 0.616. The van der Waals surface area contributed by atoms with Crippen molar-refractivity contribution in [3.63, 3.8) is 0 Å². The number of benzene rings is 2. The Bertz CT molecular complexity index is 540. The van der Waals surface area contributed by atoms with Gasteiger partial charge in [0, 0.05) is 16.0 Å². The Labute approximate surface area is 120 Å². The summed E-state index contributed by atoms with van der Waals surface area (Å²) in [7, 11) is 0. The molecule has 0 radical (unpaired) electrons. The fourth-order valence-electron chi connectivity index (χ4n) is 1.68. The summed E-state index contributed by atoms with van der Waals surface area (Å²) >= 11 is 5.00. The van der Waals surface area contributed by atoms with Gasteiger partial charge >= 0.3 is 0 Å². The van der Waals surface area contributed by atoms with Gasteiger partial charge in [-0.2, -0.15) is 11.8 Å². The zero-order valence-corrected chi connectivity index (χ0v) is 12.5. The van der Waals surface area contributed by atoms with Gasteiger partial charge in [-0.05, 0) is 35.7 Å². The molecule has 2 aromatic rings. The van der Waals surface area contributed by atoms with E-state index in [1.807, 2.05) is 24.3 Å². The molecule has 0 saturated carbocycles. The van der Waals surface area contributed by atoms with Crippen LogP contribution in [0.3, 0.4) is 0 Å². The van der Waals surface area contributed by atoms with Crippen LogP contribution in [0.1, 0.15) is 16.7 Å². The molecule has 0 nitrogen and oxygen atoms in total. The summed E-state index contributed by atoms with van der Waals surface area (Å²) in [5.41, 5.74) is 3.37. The first-order valence-electron chi connectivity index (χ1n) is 5.73. The van der Waals surface area contributed by atoms with Crippen molar-refractivity contribution in [2.24, 2.45) is 0 Å². The Morgan fingerprint density at radius 2 is 1.78 bits per heavy atom. The topological polar surface area (TPSA) is 0 Å². The zero-order valence-electron chi connectivity index (χ0n) is 10.1. The average molecular weight is 325 g/mol. The van der Waals surface area contributed by atoms with E-state index in [-0.39, 0.29) is 5.82 Å². The molecule has 0 unspecified atom stereocenters. The van der Waals surface area contributed by atoms with Gasteiger partial charge in [-0.15, -0.1) is 0 Å². The maximum atomic E-state index is 13.6. The van der Waals surface area contributed by atoms with Gasteiger partial charge in [-0.3, -0.25) is 0 Å². The van der Waals surface area contributed by atoms with Gasteiger partial charge in [0.1, 0.15) is 5.82 Å². The van der Waals surface area contributed by atoms with Crippen LogP contribution in [0.25, 0.3) is 0 Å². The minimum Gasteiger partial charge on any atom is -0.207 e. The van der Waals surface area contributed by atoms with E-state index >= 15 is 0 Å². The molecule has 0 aliphatic carbocycles. The van der Waals surface area contributed by atoms with Crippen LogP contribution in [-0.2, 0) is 11.5 Å². The third-order valence-electron chi connectivity index (χ3n) is 2.79. The van der Waals surface area contributed by atoms with Crippen LogP contribution in [0.15, 0.2) is 46.9 Å². The Morgan fingerprint density at radius 3 is 2.50 bits per heavy atom. The van der Waals surface area contributed by atoms with E-state index in [1.165, 1.54) is 17.2 Å². The van der Waals surface area contributed by atoms with E-state index in [4.69, 9.17) is 0 Å². The molecular weight excluding hydrogens is 311 g/mol. The Kier molecular flexibility index (Phi) is 4.84. The fourth-order valence-corrected chi connectivity index (χ4v) is 3.11. The highest BCUT2D eigenvalue weighted by molar-refractivity contribution is 9.10. The average Bonchev–Trinajstić information content (AvgIpc) is 2.34. The molecule has 0 spiro atoms. The molecule has 18 heavy (non-hydrogen) atoms. The normalized spacial score (nSPS) is 10.6. The van der Waals surface area contributed by atoms with Crippen LogP contribution in [0.2, 0.25) is 0 Å². The van der Waals surface area contributed by atoms with E-state index < -0.39 is 0 Å². The Balaban J connectivity index is 1.95. The van der Waals surface area contributed by atoms with Gasteiger partial charge < -0.3 is 0 Å². The first-order valence-corrected chi connectivity index (χ1v) is 7.68. The summed E-state index contributed by atoms with van der Waals surface area (Å²) in [5.74, 6) is 1.48. The van der Waals surface area contributed by atoms with E-state index in [2.05, 4.69) is 35.0 Å². The third-order valence-corrected chi connectivity index (χ3v) is 4.32. The van der Waals surface area contributed by atoms with Crippen LogP contribution in [0.5, 0.6) is 0 Å². The summed E-state index contributed by atoms with van der Waals surface area (Å²) in [4.78, 5) is 0. The highest BCUT2D eigenvalue weighted by Crippen LogP contribution is 2.23. The number of rotatable bonds is 4. The molecule has 0 bridgehead atoms. The van der Waals surface area contributed by atoms with Crippen molar-refractivity contribution in [3.8, 4) is 0 Å². The van der Waals surface area contributed by atoms with Crippen molar-refractivity contribution in [2.45, 2.75) is 18.4 Å². The van der Waals surface area contributed by atoms with Crippen LogP contribution >= 0.6 is 27.7 Å². The molecule has 2 rings (SSSR count). The standard InChI is InChI=1S/C15H14BrFS/c1-11-4-2-3-5-12(11)9-18-10-13-6-7-14(16)8-15(13)17/h2-8H,9-10H2,1H3. The largest absolute Gasteiger partial charge is 0.207 e. The molecule has 0 fully saturated rings. The number of thioether (sulfide) groups is 1. The molecule has 0 N–H and O–H groups in total. The molecule has 0 aliphatic heterocycles. The van der Waals surface area contributed by atoms with Gasteiger partial charge in [-0.1, -0.05) is 46.3 Å². The summed E-state index contributed by atoms with van der Waals surface area (Å²) < 4.78 is 14.4. The van der Waals surface area contributed by atoms with Gasteiger partial charge in [0.15, 0.2) is 0 Å². The molecular formula is C15H14BrFS.